The highest BCUT2D eigenvalue weighted by Gasteiger charge is 2.66. The summed E-state index contributed by atoms with van der Waals surface area (Å²) in [4.78, 5) is 0. The van der Waals surface area contributed by atoms with E-state index in [9.17, 15) is 5.11 Å². The Morgan fingerprint density at radius 3 is 0.975 bits per heavy atom. The van der Waals surface area contributed by atoms with Crippen LogP contribution < -0.4 is 0 Å². The maximum Gasteiger partial charge on any atom is 0.226 e. The minimum Gasteiger partial charge on any atom is -0.396 e. The van der Waals surface area contributed by atoms with Gasteiger partial charge in [0.1, 0.15) is 0 Å². The summed E-state index contributed by atoms with van der Waals surface area (Å²) in [5.41, 5.74) is -1.11. The maximum absolute atomic E-state index is 9.59. The van der Waals surface area contributed by atoms with Crippen LogP contribution in [0.2, 0.25) is 0 Å². The van der Waals surface area contributed by atoms with Crippen LogP contribution in [0.1, 0.15) is 28.7 Å². The number of halogens is 21. The van der Waals surface area contributed by atoms with Crippen LogP contribution >= 0.6 is 244 Å². The normalized spacial score (nSPS) is 15.6. The molecule has 0 aliphatic rings. The van der Waals surface area contributed by atoms with Gasteiger partial charge in [-0.15, -0.1) is 0 Å². The van der Waals surface area contributed by atoms with Gasteiger partial charge in [-0.25, -0.2) is 0 Å². The second-order valence-electron chi connectivity index (χ2n) is 7.82. The van der Waals surface area contributed by atoms with E-state index < -0.39 is 37.4 Å². The first-order valence-corrected chi connectivity index (χ1v) is 17.5. The molecule has 0 spiro atoms. The van der Waals surface area contributed by atoms with Crippen LogP contribution in [0.3, 0.4) is 0 Å². The third-order valence-electron chi connectivity index (χ3n) is 5.12. The summed E-state index contributed by atoms with van der Waals surface area (Å²) in [6, 6.07) is 2.15. The van der Waals surface area contributed by atoms with Gasteiger partial charge in [-0.05, 0) is 47.2 Å². The fraction of sp³-hybridized carbons (Fsp3) is 0.667. The molecule has 1 rings (SSSR count). The van der Waals surface area contributed by atoms with E-state index in [0.29, 0.717) is 0 Å². The summed E-state index contributed by atoms with van der Waals surface area (Å²) in [6.07, 6.45) is -0.161. The van der Waals surface area contributed by atoms with Crippen molar-refractivity contribution < 1.29 is 5.11 Å². The van der Waals surface area contributed by atoms with Gasteiger partial charge in [-0.1, -0.05) is 244 Å². The third kappa shape index (κ3) is 8.17. The van der Waals surface area contributed by atoms with Gasteiger partial charge in [-0.3, -0.25) is 0 Å². The van der Waals surface area contributed by atoms with Gasteiger partial charge < -0.3 is 5.11 Å². The van der Waals surface area contributed by atoms with E-state index in [2.05, 4.69) is 0 Å². The van der Waals surface area contributed by atoms with Crippen molar-refractivity contribution in [2.45, 2.75) is 50.2 Å². The van der Waals surface area contributed by atoms with Crippen molar-refractivity contribution in [3.63, 3.8) is 0 Å². The molecule has 0 fully saturated rings. The van der Waals surface area contributed by atoms with Crippen LogP contribution in [-0.4, -0.2) is 36.1 Å². The second-order valence-corrected chi connectivity index (χ2v) is 22.6. The molecule has 1 N–H and O–H groups in total. The van der Waals surface area contributed by atoms with Crippen LogP contribution in [0.25, 0.3) is 0 Å². The largest absolute Gasteiger partial charge is 0.396 e. The second kappa shape index (κ2) is 14.2. The minimum absolute atomic E-state index is 0.000263. The Morgan fingerprint density at radius 2 is 0.725 bits per heavy atom. The molecule has 0 unspecified atom stereocenters. The summed E-state index contributed by atoms with van der Waals surface area (Å²) >= 11 is 132. The van der Waals surface area contributed by atoms with E-state index >= 15 is 0 Å². The van der Waals surface area contributed by atoms with E-state index in [4.69, 9.17) is 244 Å². The predicted molar refractivity (Wildman–Crippen MR) is 186 cm³/mol. The molecule has 0 saturated carbocycles. The van der Waals surface area contributed by atoms with Crippen molar-refractivity contribution >= 4 is 244 Å². The van der Waals surface area contributed by atoms with Gasteiger partial charge in [0, 0.05) is 6.61 Å². The Kier molecular flexibility index (Phi) is 15.4. The first-order valence-electron chi connectivity index (χ1n) is 9.54. The van der Waals surface area contributed by atoms with E-state index in [1.54, 1.807) is 0 Å². The minimum atomic E-state index is -2.66. The highest BCUT2D eigenvalue weighted by atomic mass is 35.6. The lowest BCUT2D eigenvalue weighted by molar-refractivity contribution is 0.288. The number of aliphatic hydroxyl groups is 1. The van der Waals surface area contributed by atoms with Crippen LogP contribution in [0.4, 0.5) is 0 Å². The van der Waals surface area contributed by atoms with Crippen molar-refractivity contribution in [2.75, 3.05) is 6.61 Å². The zero-order chi connectivity index (χ0) is 32.3. The molecule has 0 radical (unpaired) electrons. The molecule has 234 valence electrons. The Balaban J connectivity index is 4.53. The van der Waals surface area contributed by atoms with Crippen LogP contribution in [0.5, 0.6) is 0 Å². The number of alkyl halides is 21. The van der Waals surface area contributed by atoms with Crippen LogP contribution in [0.15, 0.2) is 12.1 Å². The zero-order valence-electron chi connectivity index (χ0n) is 18.2. The van der Waals surface area contributed by atoms with Gasteiger partial charge in [0.25, 0.3) is 0 Å². The quantitative estimate of drug-likeness (QED) is 0.245. The maximum atomic E-state index is 9.59. The lowest BCUT2D eigenvalue weighted by Gasteiger charge is -2.44. The Bertz CT molecular complexity index is 1000. The molecule has 0 amide bonds. The average Bonchev–Trinajstić information content (AvgIpc) is 2.74. The molecule has 22 heteroatoms. The number of aliphatic hydroxyl groups excluding tert-OH is 1. The average molecular weight is 986 g/mol. The fourth-order valence-corrected chi connectivity index (χ4v) is 7.51. The SMILES string of the molecule is OCCCc1c(C(Cl)(Cl)C(Cl)(Cl)C(Cl)(Cl)Cl)cc(C(Cl)(Cl)C(Cl)(Cl)C(Cl)(Cl)Cl)cc1C(Cl)(Cl)C(Cl)(Cl)C(Cl)(Cl)Cl. The van der Waals surface area contributed by atoms with Crippen LogP contribution in [0, 0.1) is 0 Å². The molecule has 0 atom stereocenters. The summed E-state index contributed by atoms with van der Waals surface area (Å²) in [7, 11) is 0. The first-order chi connectivity index (χ1) is 17.3. The number of benzene rings is 1. The molecular formula is C18H9Cl21O. The summed E-state index contributed by atoms with van der Waals surface area (Å²) in [6.45, 7) is -0.390. The highest BCUT2D eigenvalue weighted by Crippen LogP contribution is 2.66. The third-order valence-corrected chi connectivity index (χ3v) is 16.9. The number of hydrogen-bond donors (Lipinski definition) is 1. The molecule has 0 aromatic heterocycles. The first kappa shape index (κ1) is 43.3. The Morgan fingerprint density at radius 1 is 0.450 bits per heavy atom. The topological polar surface area (TPSA) is 20.2 Å². The Labute approximate surface area is 335 Å². The molecule has 0 bridgehead atoms. The summed E-state index contributed by atoms with van der Waals surface area (Å²) in [5, 5.41) is 9.59. The molecule has 1 aromatic rings. The summed E-state index contributed by atoms with van der Waals surface area (Å²) < 4.78 is -23.5. The highest BCUT2D eigenvalue weighted by molar-refractivity contribution is 6.80. The molecule has 1 aromatic carbocycles. The van der Waals surface area contributed by atoms with Crippen molar-refractivity contribution in [1.29, 1.82) is 0 Å². The molecule has 40 heavy (non-hydrogen) atoms. The Hall–Kier alpha value is 5.27. The fourth-order valence-electron chi connectivity index (χ4n) is 2.99. The van der Waals surface area contributed by atoms with Gasteiger partial charge in [0.15, 0.2) is 13.0 Å². The van der Waals surface area contributed by atoms with Crippen molar-refractivity contribution in [2.24, 2.45) is 0 Å². The van der Waals surface area contributed by atoms with Gasteiger partial charge in [0.2, 0.25) is 24.4 Å². The summed E-state index contributed by atoms with van der Waals surface area (Å²) in [5.74, 6) is 0. The van der Waals surface area contributed by atoms with Gasteiger partial charge in [-0.2, -0.15) is 0 Å². The zero-order valence-corrected chi connectivity index (χ0v) is 34.0. The van der Waals surface area contributed by atoms with Crippen LogP contribution in [-0.2, 0) is 19.4 Å². The monoisotopic (exact) mass is 975 g/mol. The lowest BCUT2D eigenvalue weighted by atomic mass is 9.87. The van der Waals surface area contributed by atoms with Gasteiger partial charge >= 0.3 is 0 Å². The molecule has 0 heterocycles. The molecule has 1 nitrogen and oxygen atoms in total. The lowest BCUT2D eigenvalue weighted by Crippen LogP contribution is -2.49. The predicted octanol–water partition coefficient (Wildman–Crippen LogP) is 14.1. The molecule has 0 aliphatic heterocycles. The molecule has 0 saturated heterocycles. The molecule has 0 aliphatic carbocycles. The van der Waals surface area contributed by atoms with E-state index in [1.165, 1.54) is 0 Å². The van der Waals surface area contributed by atoms with Gasteiger partial charge in [0.05, 0.1) is 0 Å². The smallest absolute Gasteiger partial charge is 0.226 e. The van der Waals surface area contributed by atoms with Crippen molar-refractivity contribution in [1.82, 2.24) is 0 Å². The van der Waals surface area contributed by atoms with E-state index in [-0.39, 0.29) is 41.7 Å². The number of hydrogen-bond acceptors (Lipinski definition) is 1. The standard InChI is InChI=1S/C18H9Cl21O/c19-10(20,13(25,26)16(31,32)33)6-4-8(11(21,22)14(27,28)17(34,35)36)7(2-1-3-40)9(5-6)12(23,24)15(29,30)18(37,38)39/h4-5,40H,1-3H2. The van der Waals surface area contributed by atoms with E-state index in [0.717, 1.165) is 12.1 Å². The molecular weight excluding hydrogens is 977 g/mol. The van der Waals surface area contributed by atoms with E-state index in [1.807, 2.05) is 0 Å². The van der Waals surface area contributed by atoms with Crippen molar-refractivity contribution in [3.05, 3.63) is 34.4 Å². The number of rotatable bonds is 9. The van der Waals surface area contributed by atoms with Crippen molar-refractivity contribution in [3.8, 4) is 0 Å².